The van der Waals surface area contributed by atoms with Crippen LogP contribution in [0.1, 0.15) is 32.8 Å². The maximum atomic E-state index is 4.34. The van der Waals surface area contributed by atoms with Crippen molar-refractivity contribution in [3.8, 4) is 0 Å². The van der Waals surface area contributed by atoms with Crippen molar-refractivity contribution in [3.05, 3.63) is 36.2 Å². The van der Waals surface area contributed by atoms with Crippen molar-refractivity contribution in [2.75, 3.05) is 0 Å². The molecule has 0 saturated heterocycles. The van der Waals surface area contributed by atoms with Crippen molar-refractivity contribution < 1.29 is 0 Å². The molecule has 0 saturated carbocycles. The van der Waals surface area contributed by atoms with Crippen molar-refractivity contribution >= 4 is 5.52 Å². The lowest BCUT2D eigenvalue weighted by molar-refractivity contribution is 0.388. The molecule has 1 unspecified atom stereocenters. The van der Waals surface area contributed by atoms with Gasteiger partial charge in [-0.3, -0.25) is 0 Å². The van der Waals surface area contributed by atoms with Crippen LogP contribution in [0.5, 0.6) is 0 Å². The number of fused-ring (bicyclic) bond motifs is 1. The van der Waals surface area contributed by atoms with Crippen LogP contribution < -0.4 is 5.32 Å². The molecule has 3 heteroatoms. The normalized spacial score (nSPS) is 13.4. The Hall–Kier alpha value is -1.35. The van der Waals surface area contributed by atoms with E-state index in [0.717, 1.165) is 13.0 Å². The lowest BCUT2D eigenvalue weighted by atomic mass is 10.0. The van der Waals surface area contributed by atoms with Crippen LogP contribution in [0.3, 0.4) is 0 Å². The van der Waals surface area contributed by atoms with Crippen LogP contribution in [-0.2, 0) is 6.54 Å². The van der Waals surface area contributed by atoms with E-state index >= 15 is 0 Å². The molecule has 0 aromatic carbocycles. The van der Waals surface area contributed by atoms with Gasteiger partial charge in [0.2, 0.25) is 0 Å². The van der Waals surface area contributed by atoms with E-state index in [-0.39, 0.29) is 0 Å². The van der Waals surface area contributed by atoms with E-state index in [1.165, 1.54) is 11.1 Å². The predicted molar refractivity (Wildman–Crippen MR) is 70.9 cm³/mol. The van der Waals surface area contributed by atoms with Crippen LogP contribution in [0.25, 0.3) is 5.52 Å². The van der Waals surface area contributed by atoms with E-state index in [1.54, 1.807) is 0 Å². The Morgan fingerprint density at radius 3 is 2.88 bits per heavy atom. The first-order valence-electron chi connectivity index (χ1n) is 6.37. The van der Waals surface area contributed by atoms with E-state index in [9.17, 15) is 0 Å². The van der Waals surface area contributed by atoms with Gasteiger partial charge in [-0.2, -0.15) is 5.10 Å². The zero-order valence-corrected chi connectivity index (χ0v) is 10.9. The number of nitrogens with zero attached hydrogens (tertiary/aromatic N) is 2. The fourth-order valence-electron chi connectivity index (χ4n) is 2.22. The fourth-order valence-corrected chi connectivity index (χ4v) is 2.22. The highest BCUT2D eigenvalue weighted by molar-refractivity contribution is 5.53. The second kappa shape index (κ2) is 5.32. The van der Waals surface area contributed by atoms with Crippen molar-refractivity contribution in [1.29, 1.82) is 0 Å². The minimum Gasteiger partial charge on any atom is -0.310 e. The van der Waals surface area contributed by atoms with Crippen molar-refractivity contribution in [3.63, 3.8) is 0 Å². The molecule has 1 N–H and O–H groups in total. The molecular weight excluding hydrogens is 210 g/mol. The first-order chi connectivity index (χ1) is 8.22. The molecule has 2 aromatic heterocycles. The van der Waals surface area contributed by atoms with Gasteiger partial charge >= 0.3 is 0 Å². The molecule has 1 atom stereocenters. The Morgan fingerprint density at radius 2 is 2.18 bits per heavy atom. The minimum absolute atomic E-state index is 0.577. The summed E-state index contributed by atoms with van der Waals surface area (Å²) in [5, 5.41) is 7.95. The highest BCUT2D eigenvalue weighted by Crippen LogP contribution is 2.12. The third-order valence-electron chi connectivity index (χ3n) is 3.31. The van der Waals surface area contributed by atoms with Crippen LogP contribution in [0, 0.1) is 5.92 Å². The molecule has 0 amide bonds. The molecule has 0 radical (unpaired) electrons. The molecule has 0 aliphatic rings. The van der Waals surface area contributed by atoms with Gasteiger partial charge in [0.15, 0.2) is 0 Å². The number of aromatic nitrogens is 2. The SMILES string of the molecule is CCC(NCc1cnn2ccccc12)C(C)C. The molecular formula is C14H21N3. The summed E-state index contributed by atoms with van der Waals surface area (Å²) in [6.45, 7) is 7.65. The number of hydrogen-bond donors (Lipinski definition) is 1. The molecule has 0 fully saturated rings. The molecule has 2 rings (SSSR count). The van der Waals surface area contributed by atoms with E-state index < -0.39 is 0 Å². The molecule has 0 aliphatic carbocycles. The highest BCUT2D eigenvalue weighted by Gasteiger charge is 2.11. The maximum absolute atomic E-state index is 4.34. The second-order valence-electron chi connectivity index (χ2n) is 4.84. The number of pyridine rings is 1. The van der Waals surface area contributed by atoms with Crippen molar-refractivity contribution in [1.82, 2.24) is 14.9 Å². The summed E-state index contributed by atoms with van der Waals surface area (Å²) in [5.74, 6) is 0.668. The van der Waals surface area contributed by atoms with Crippen LogP contribution in [-0.4, -0.2) is 15.7 Å². The Labute approximate surface area is 103 Å². The Balaban J connectivity index is 2.08. The lowest BCUT2D eigenvalue weighted by Crippen LogP contribution is -2.32. The predicted octanol–water partition coefficient (Wildman–Crippen LogP) is 2.86. The lowest BCUT2D eigenvalue weighted by Gasteiger charge is -2.20. The first kappa shape index (κ1) is 12.1. The van der Waals surface area contributed by atoms with Crippen LogP contribution in [0.4, 0.5) is 0 Å². The maximum Gasteiger partial charge on any atom is 0.0706 e. The first-order valence-corrected chi connectivity index (χ1v) is 6.37. The quantitative estimate of drug-likeness (QED) is 0.857. The Kier molecular flexibility index (Phi) is 3.79. The third-order valence-corrected chi connectivity index (χ3v) is 3.31. The van der Waals surface area contributed by atoms with Crippen LogP contribution in [0.2, 0.25) is 0 Å². The zero-order chi connectivity index (χ0) is 12.3. The van der Waals surface area contributed by atoms with E-state index in [4.69, 9.17) is 0 Å². The molecule has 92 valence electrons. The van der Waals surface area contributed by atoms with Gasteiger partial charge in [-0.15, -0.1) is 0 Å². The summed E-state index contributed by atoms with van der Waals surface area (Å²) in [7, 11) is 0. The number of rotatable bonds is 5. The number of nitrogens with one attached hydrogen (secondary N) is 1. The third kappa shape index (κ3) is 2.67. The summed E-state index contributed by atoms with van der Waals surface area (Å²) in [6.07, 6.45) is 5.10. The van der Waals surface area contributed by atoms with Gasteiger partial charge in [0.25, 0.3) is 0 Å². The van der Waals surface area contributed by atoms with Gasteiger partial charge in [0.05, 0.1) is 11.7 Å². The molecule has 3 nitrogen and oxygen atoms in total. The summed E-state index contributed by atoms with van der Waals surface area (Å²) in [4.78, 5) is 0. The summed E-state index contributed by atoms with van der Waals surface area (Å²) in [6, 6.07) is 6.74. The average Bonchev–Trinajstić information content (AvgIpc) is 2.73. The molecule has 17 heavy (non-hydrogen) atoms. The molecule has 0 bridgehead atoms. The zero-order valence-electron chi connectivity index (χ0n) is 10.9. The van der Waals surface area contributed by atoms with Crippen molar-refractivity contribution in [2.45, 2.75) is 39.8 Å². The number of hydrogen-bond acceptors (Lipinski definition) is 2. The minimum atomic E-state index is 0.577. The second-order valence-corrected chi connectivity index (χ2v) is 4.84. The molecule has 0 spiro atoms. The van der Waals surface area contributed by atoms with Gasteiger partial charge in [-0.05, 0) is 24.5 Å². The summed E-state index contributed by atoms with van der Waals surface area (Å²) >= 11 is 0. The van der Waals surface area contributed by atoms with E-state index in [0.29, 0.717) is 12.0 Å². The van der Waals surface area contributed by atoms with E-state index in [1.807, 2.05) is 23.0 Å². The van der Waals surface area contributed by atoms with Crippen molar-refractivity contribution in [2.24, 2.45) is 5.92 Å². The molecule has 2 aromatic rings. The van der Waals surface area contributed by atoms with Gasteiger partial charge in [-0.1, -0.05) is 26.8 Å². The standard InChI is InChI=1S/C14H21N3/c1-4-13(11(2)3)15-9-12-10-16-17-8-6-5-7-14(12)17/h5-8,10-11,13,15H,4,9H2,1-3H3. The van der Waals surface area contributed by atoms with Gasteiger partial charge in [0.1, 0.15) is 0 Å². The smallest absolute Gasteiger partial charge is 0.0706 e. The summed E-state index contributed by atoms with van der Waals surface area (Å²) in [5.41, 5.74) is 2.46. The fraction of sp³-hybridized carbons (Fsp3) is 0.500. The van der Waals surface area contributed by atoms with Crippen LogP contribution >= 0.6 is 0 Å². The van der Waals surface area contributed by atoms with Gasteiger partial charge < -0.3 is 5.32 Å². The Bertz CT molecular complexity index is 473. The van der Waals surface area contributed by atoms with Gasteiger partial charge in [-0.25, -0.2) is 4.52 Å². The molecule has 2 heterocycles. The topological polar surface area (TPSA) is 29.3 Å². The monoisotopic (exact) mass is 231 g/mol. The highest BCUT2D eigenvalue weighted by atomic mass is 15.2. The molecule has 0 aliphatic heterocycles. The van der Waals surface area contributed by atoms with Gasteiger partial charge in [0, 0.05) is 24.3 Å². The largest absolute Gasteiger partial charge is 0.310 e. The average molecular weight is 231 g/mol. The van der Waals surface area contributed by atoms with Crippen LogP contribution in [0.15, 0.2) is 30.6 Å². The summed E-state index contributed by atoms with van der Waals surface area (Å²) < 4.78 is 1.92. The Morgan fingerprint density at radius 1 is 1.35 bits per heavy atom. The van der Waals surface area contributed by atoms with E-state index in [2.05, 4.69) is 43.3 Å².